The fourth-order valence-electron chi connectivity index (χ4n) is 1.88. The zero-order valence-corrected chi connectivity index (χ0v) is 13.9. The Labute approximate surface area is 146 Å². The Morgan fingerprint density at radius 2 is 1.87 bits per heavy atom. The third-order valence-corrected chi connectivity index (χ3v) is 4.45. The van der Waals surface area contributed by atoms with Gasteiger partial charge >= 0.3 is 0 Å². The average molecular weight is 365 g/mol. The van der Waals surface area contributed by atoms with Crippen LogP contribution in [-0.4, -0.2) is 16.2 Å². The molecule has 1 fully saturated rings. The van der Waals surface area contributed by atoms with Crippen LogP contribution in [0.5, 0.6) is 5.75 Å². The van der Waals surface area contributed by atoms with E-state index in [0.717, 1.165) is 0 Å². The van der Waals surface area contributed by atoms with Crippen molar-refractivity contribution in [2.75, 3.05) is 0 Å². The number of nitrogens with one attached hydrogen (secondary N) is 1. The lowest BCUT2D eigenvalue weighted by Gasteiger charge is -1.99. The van der Waals surface area contributed by atoms with Crippen LogP contribution >= 0.6 is 35.0 Å². The van der Waals surface area contributed by atoms with Crippen molar-refractivity contribution in [1.82, 2.24) is 5.32 Å². The van der Waals surface area contributed by atoms with Crippen molar-refractivity contribution < 1.29 is 9.90 Å². The summed E-state index contributed by atoms with van der Waals surface area (Å²) in [6.45, 7) is 0. The Kier molecular flexibility index (Phi) is 4.61. The van der Waals surface area contributed by atoms with E-state index >= 15 is 0 Å². The van der Waals surface area contributed by atoms with E-state index in [4.69, 9.17) is 23.2 Å². The van der Waals surface area contributed by atoms with Gasteiger partial charge in [-0.1, -0.05) is 29.3 Å². The second-order valence-corrected chi connectivity index (χ2v) is 6.54. The number of benzene rings is 2. The topological polar surface area (TPSA) is 61.7 Å². The van der Waals surface area contributed by atoms with Crippen LogP contribution in [0.4, 0.5) is 5.69 Å². The van der Waals surface area contributed by atoms with Crippen molar-refractivity contribution in [2.24, 2.45) is 4.99 Å². The van der Waals surface area contributed by atoms with Crippen LogP contribution in [0.25, 0.3) is 6.08 Å². The van der Waals surface area contributed by atoms with Crippen LogP contribution < -0.4 is 5.32 Å². The van der Waals surface area contributed by atoms with Crippen molar-refractivity contribution >= 4 is 57.8 Å². The lowest BCUT2D eigenvalue weighted by atomic mass is 10.2. The second-order valence-electron chi connectivity index (χ2n) is 4.66. The summed E-state index contributed by atoms with van der Waals surface area (Å²) in [6, 6.07) is 11.5. The molecule has 2 aromatic carbocycles. The number of aromatic hydroxyl groups is 1. The number of phenolic OH excluding ortho intramolecular Hbond substituents is 1. The van der Waals surface area contributed by atoms with Crippen molar-refractivity contribution in [1.29, 1.82) is 0 Å². The first-order chi connectivity index (χ1) is 11.0. The summed E-state index contributed by atoms with van der Waals surface area (Å²) >= 11 is 13.2. The number of carbonyl (C=O) groups excluding carboxylic acids is 1. The summed E-state index contributed by atoms with van der Waals surface area (Å²) in [5.41, 5.74) is 1.34. The minimum absolute atomic E-state index is 0.162. The molecule has 3 rings (SSSR count). The van der Waals surface area contributed by atoms with E-state index in [1.54, 1.807) is 36.4 Å². The maximum Gasteiger partial charge on any atom is 0.264 e. The molecule has 0 unspecified atom stereocenters. The number of amides is 1. The van der Waals surface area contributed by atoms with E-state index in [1.807, 2.05) is 0 Å². The molecule has 2 aromatic rings. The van der Waals surface area contributed by atoms with Crippen molar-refractivity contribution in [3.8, 4) is 5.75 Å². The second kappa shape index (κ2) is 6.66. The fourth-order valence-corrected chi connectivity index (χ4v) is 3.18. The van der Waals surface area contributed by atoms with Gasteiger partial charge in [0.2, 0.25) is 0 Å². The van der Waals surface area contributed by atoms with Gasteiger partial charge in [0.15, 0.2) is 5.17 Å². The van der Waals surface area contributed by atoms with Crippen LogP contribution in [0.2, 0.25) is 10.0 Å². The number of nitrogens with zero attached hydrogens (tertiary/aromatic N) is 1. The monoisotopic (exact) mass is 364 g/mol. The molecule has 1 saturated heterocycles. The molecule has 0 atom stereocenters. The molecule has 7 heteroatoms. The SMILES string of the molecule is O=C1NC(=Nc2ccc(O)cc2)S/C1=C\c1ccc(Cl)cc1Cl. The smallest absolute Gasteiger partial charge is 0.264 e. The molecule has 0 spiro atoms. The third kappa shape index (κ3) is 3.88. The number of carbonyl (C=O) groups is 1. The molecule has 1 amide bonds. The first-order valence-electron chi connectivity index (χ1n) is 6.55. The molecule has 23 heavy (non-hydrogen) atoms. The molecule has 0 radical (unpaired) electrons. The maximum absolute atomic E-state index is 12.0. The van der Waals surface area contributed by atoms with E-state index in [9.17, 15) is 9.90 Å². The van der Waals surface area contributed by atoms with Gasteiger partial charge in [-0.3, -0.25) is 4.79 Å². The molecule has 1 aliphatic heterocycles. The first-order valence-corrected chi connectivity index (χ1v) is 8.12. The Balaban J connectivity index is 1.84. The maximum atomic E-state index is 12.0. The van der Waals surface area contributed by atoms with E-state index in [0.29, 0.717) is 31.4 Å². The molecule has 0 aliphatic carbocycles. The normalized spacial score (nSPS) is 17.7. The summed E-state index contributed by atoms with van der Waals surface area (Å²) in [5, 5.41) is 13.4. The summed E-state index contributed by atoms with van der Waals surface area (Å²) in [4.78, 5) is 16.8. The third-order valence-electron chi connectivity index (χ3n) is 2.98. The Hall–Kier alpha value is -1.95. The molecule has 4 nitrogen and oxygen atoms in total. The molecule has 0 aromatic heterocycles. The van der Waals surface area contributed by atoms with Crippen LogP contribution in [0.1, 0.15) is 5.56 Å². The van der Waals surface area contributed by atoms with Crippen molar-refractivity contribution in [3.63, 3.8) is 0 Å². The largest absolute Gasteiger partial charge is 0.508 e. The predicted octanol–water partition coefficient (Wildman–Crippen LogP) is 4.59. The summed E-state index contributed by atoms with van der Waals surface area (Å²) < 4.78 is 0. The number of halogens is 2. The summed E-state index contributed by atoms with van der Waals surface area (Å²) in [7, 11) is 0. The summed E-state index contributed by atoms with van der Waals surface area (Å²) in [6.07, 6.45) is 1.69. The van der Waals surface area contributed by atoms with Gasteiger partial charge in [0.1, 0.15) is 5.75 Å². The molecule has 2 N–H and O–H groups in total. The van der Waals surface area contributed by atoms with Crippen LogP contribution in [-0.2, 0) is 4.79 Å². The number of aliphatic imine (C=N–C) groups is 1. The standard InChI is InChI=1S/C16H10Cl2N2O2S/c17-10-2-1-9(13(18)8-10)7-14-15(22)20-16(23-14)19-11-3-5-12(21)6-4-11/h1-8,21H,(H,19,20,22)/b14-7-. The minimum atomic E-state index is -0.237. The Morgan fingerprint density at radius 1 is 1.13 bits per heavy atom. The van der Waals surface area contributed by atoms with Gasteiger partial charge in [-0.15, -0.1) is 0 Å². The first kappa shape index (κ1) is 15.9. The highest BCUT2D eigenvalue weighted by Crippen LogP contribution is 2.31. The van der Waals surface area contributed by atoms with E-state index in [2.05, 4.69) is 10.3 Å². The van der Waals surface area contributed by atoms with Gasteiger partial charge in [-0.2, -0.15) is 0 Å². The highest BCUT2D eigenvalue weighted by atomic mass is 35.5. The summed E-state index contributed by atoms with van der Waals surface area (Å²) in [5.74, 6) is -0.0754. The van der Waals surface area contributed by atoms with E-state index < -0.39 is 0 Å². The number of thioether (sulfide) groups is 1. The fraction of sp³-hybridized carbons (Fsp3) is 0. The number of phenols is 1. The van der Waals surface area contributed by atoms with Crippen molar-refractivity contribution in [2.45, 2.75) is 0 Å². The zero-order chi connectivity index (χ0) is 16.4. The molecule has 0 bridgehead atoms. The zero-order valence-electron chi connectivity index (χ0n) is 11.6. The van der Waals surface area contributed by atoms with Gasteiger partial charge < -0.3 is 10.4 Å². The number of rotatable bonds is 2. The minimum Gasteiger partial charge on any atom is -0.508 e. The van der Waals surface area contributed by atoms with Gasteiger partial charge in [0, 0.05) is 10.0 Å². The van der Waals surface area contributed by atoms with Crippen LogP contribution in [0.3, 0.4) is 0 Å². The van der Waals surface area contributed by atoms with Crippen molar-refractivity contribution in [3.05, 3.63) is 63.0 Å². The Bertz CT molecular complexity index is 832. The predicted molar refractivity (Wildman–Crippen MR) is 95.4 cm³/mol. The van der Waals surface area contributed by atoms with Gasteiger partial charge in [-0.25, -0.2) is 4.99 Å². The lowest BCUT2D eigenvalue weighted by Crippen LogP contribution is -2.19. The number of amidine groups is 1. The van der Waals surface area contributed by atoms with Gasteiger partial charge in [0.25, 0.3) is 5.91 Å². The quantitative estimate of drug-likeness (QED) is 0.766. The number of hydrogen-bond acceptors (Lipinski definition) is 4. The lowest BCUT2D eigenvalue weighted by molar-refractivity contribution is -0.115. The van der Waals surface area contributed by atoms with E-state index in [-0.39, 0.29) is 11.7 Å². The molecular formula is C16H10Cl2N2O2S. The molecular weight excluding hydrogens is 355 g/mol. The molecule has 1 heterocycles. The van der Waals surface area contributed by atoms with Gasteiger partial charge in [0.05, 0.1) is 10.6 Å². The average Bonchev–Trinajstić information content (AvgIpc) is 2.84. The highest BCUT2D eigenvalue weighted by molar-refractivity contribution is 8.18. The molecule has 1 aliphatic rings. The molecule has 116 valence electrons. The highest BCUT2D eigenvalue weighted by Gasteiger charge is 2.24. The number of hydrogen-bond donors (Lipinski definition) is 2. The van der Waals surface area contributed by atoms with Gasteiger partial charge in [-0.05, 0) is 59.8 Å². The molecule has 0 saturated carbocycles. The van der Waals surface area contributed by atoms with Crippen LogP contribution in [0, 0.1) is 0 Å². The Morgan fingerprint density at radius 3 is 2.57 bits per heavy atom. The van der Waals surface area contributed by atoms with Crippen LogP contribution in [0.15, 0.2) is 52.4 Å². The van der Waals surface area contributed by atoms with E-state index in [1.165, 1.54) is 23.9 Å².